The quantitative estimate of drug-likeness (QED) is 0.887. The zero-order valence-electron chi connectivity index (χ0n) is 13.9. The van der Waals surface area contributed by atoms with E-state index in [0.29, 0.717) is 6.61 Å². The summed E-state index contributed by atoms with van der Waals surface area (Å²) in [5.41, 5.74) is 3.21. The van der Waals surface area contributed by atoms with Gasteiger partial charge < -0.3 is 15.0 Å². The third kappa shape index (κ3) is 4.32. The molecule has 0 saturated carbocycles. The molecule has 2 aromatic rings. The summed E-state index contributed by atoms with van der Waals surface area (Å²) < 4.78 is 5.40. The van der Waals surface area contributed by atoms with E-state index in [4.69, 9.17) is 4.74 Å². The van der Waals surface area contributed by atoms with Crippen LogP contribution in [0.4, 0.5) is 11.4 Å². The average Bonchev–Trinajstić information content (AvgIpc) is 3.16. The molecule has 1 unspecified atom stereocenters. The van der Waals surface area contributed by atoms with Gasteiger partial charge in [0.15, 0.2) is 0 Å². The number of benzene rings is 1. The second kappa shape index (κ2) is 7.93. The maximum absolute atomic E-state index is 12.0. The van der Waals surface area contributed by atoms with Crippen LogP contribution in [0, 0.1) is 0 Å². The second-order valence-electron chi connectivity index (χ2n) is 6.06. The molecule has 24 heavy (non-hydrogen) atoms. The van der Waals surface area contributed by atoms with Gasteiger partial charge in [0.05, 0.1) is 0 Å². The molecule has 1 atom stereocenters. The molecular formula is C19H23N3O2. The molecule has 1 aliphatic heterocycles. The number of hydrogen-bond acceptors (Lipinski definition) is 4. The SMILES string of the molecule is CN(CCc1ccncc1)c1ccc(NC(=O)C2CCCO2)cc1. The van der Waals surface area contributed by atoms with Gasteiger partial charge in [0.1, 0.15) is 6.10 Å². The Labute approximate surface area is 142 Å². The fourth-order valence-electron chi connectivity index (χ4n) is 2.78. The van der Waals surface area contributed by atoms with Gasteiger partial charge in [-0.25, -0.2) is 0 Å². The molecule has 1 aliphatic rings. The number of hydrogen-bond donors (Lipinski definition) is 1. The van der Waals surface area contributed by atoms with Crippen LogP contribution in [0.15, 0.2) is 48.8 Å². The van der Waals surface area contributed by atoms with Crippen molar-refractivity contribution in [2.45, 2.75) is 25.4 Å². The normalized spacial score (nSPS) is 16.8. The number of pyridine rings is 1. The van der Waals surface area contributed by atoms with Crippen LogP contribution in [-0.2, 0) is 16.0 Å². The Morgan fingerprint density at radius 3 is 2.67 bits per heavy atom. The van der Waals surface area contributed by atoms with E-state index in [1.165, 1.54) is 5.56 Å². The van der Waals surface area contributed by atoms with Crippen molar-refractivity contribution in [3.63, 3.8) is 0 Å². The van der Waals surface area contributed by atoms with E-state index in [2.05, 4.69) is 22.2 Å². The van der Waals surface area contributed by atoms with Gasteiger partial charge in [-0.2, -0.15) is 0 Å². The highest BCUT2D eigenvalue weighted by atomic mass is 16.5. The fourth-order valence-corrected chi connectivity index (χ4v) is 2.78. The predicted octanol–water partition coefficient (Wildman–Crippen LogP) is 2.88. The summed E-state index contributed by atoms with van der Waals surface area (Å²) >= 11 is 0. The van der Waals surface area contributed by atoms with Gasteiger partial charge in [-0.3, -0.25) is 9.78 Å². The largest absolute Gasteiger partial charge is 0.374 e. The van der Waals surface area contributed by atoms with Crippen LogP contribution in [-0.4, -0.2) is 37.2 Å². The minimum absolute atomic E-state index is 0.0497. The van der Waals surface area contributed by atoms with E-state index in [-0.39, 0.29) is 12.0 Å². The molecular weight excluding hydrogens is 302 g/mol. The molecule has 1 N–H and O–H groups in total. The standard InChI is InChI=1S/C19H23N3O2/c1-22(13-10-15-8-11-20-12-9-15)17-6-4-16(5-7-17)21-19(23)18-3-2-14-24-18/h4-9,11-12,18H,2-3,10,13-14H2,1H3,(H,21,23). The maximum Gasteiger partial charge on any atom is 0.253 e. The van der Waals surface area contributed by atoms with Crippen molar-refractivity contribution in [1.29, 1.82) is 0 Å². The molecule has 0 aliphatic carbocycles. The maximum atomic E-state index is 12.0. The predicted molar refractivity (Wildman–Crippen MR) is 95.3 cm³/mol. The molecule has 1 aromatic carbocycles. The van der Waals surface area contributed by atoms with Crippen LogP contribution >= 0.6 is 0 Å². The minimum atomic E-state index is -0.298. The smallest absolute Gasteiger partial charge is 0.253 e. The molecule has 126 valence electrons. The molecule has 5 heteroatoms. The number of aromatic nitrogens is 1. The molecule has 0 bridgehead atoms. The molecule has 3 rings (SSSR count). The van der Waals surface area contributed by atoms with Crippen LogP contribution in [0.5, 0.6) is 0 Å². The molecule has 0 spiro atoms. The lowest BCUT2D eigenvalue weighted by Gasteiger charge is -2.20. The Morgan fingerprint density at radius 1 is 1.25 bits per heavy atom. The van der Waals surface area contributed by atoms with Gasteiger partial charge in [0.2, 0.25) is 0 Å². The third-order valence-electron chi connectivity index (χ3n) is 4.28. The summed E-state index contributed by atoms with van der Waals surface area (Å²) in [4.78, 5) is 18.3. The highest BCUT2D eigenvalue weighted by Gasteiger charge is 2.23. The number of ether oxygens (including phenoxy) is 1. The zero-order valence-corrected chi connectivity index (χ0v) is 13.9. The highest BCUT2D eigenvalue weighted by Crippen LogP contribution is 2.19. The number of carbonyl (C=O) groups excluding carboxylic acids is 1. The van der Waals surface area contributed by atoms with E-state index < -0.39 is 0 Å². The van der Waals surface area contributed by atoms with Crippen molar-refractivity contribution >= 4 is 17.3 Å². The van der Waals surface area contributed by atoms with Crippen molar-refractivity contribution in [3.8, 4) is 0 Å². The lowest BCUT2D eigenvalue weighted by molar-refractivity contribution is -0.124. The molecule has 1 fully saturated rings. The Balaban J connectivity index is 1.52. The summed E-state index contributed by atoms with van der Waals surface area (Å²) in [5, 5.41) is 2.92. The van der Waals surface area contributed by atoms with E-state index in [1.54, 1.807) is 0 Å². The molecule has 1 amide bonds. The molecule has 5 nitrogen and oxygen atoms in total. The number of amides is 1. The summed E-state index contributed by atoms with van der Waals surface area (Å²) in [5.74, 6) is -0.0497. The topological polar surface area (TPSA) is 54.5 Å². The minimum Gasteiger partial charge on any atom is -0.374 e. The van der Waals surface area contributed by atoms with E-state index in [0.717, 1.165) is 37.2 Å². The van der Waals surface area contributed by atoms with Crippen LogP contribution in [0.2, 0.25) is 0 Å². The van der Waals surface area contributed by atoms with Crippen molar-refractivity contribution < 1.29 is 9.53 Å². The van der Waals surface area contributed by atoms with E-state index >= 15 is 0 Å². The number of nitrogens with zero attached hydrogens (tertiary/aromatic N) is 2. The van der Waals surface area contributed by atoms with Gasteiger partial charge in [0, 0.05) is 44.0 Å². The molecule has 1 aromatic heterocycles. The number of anilines is 2. The van der Waals surface area contributed by atoms with E-state index in [9.17, 15) is 4.79 Å². The van der Waals surface area contributed by atoms with Gasteiger partial charge in [-0.05, 0) is 61.2 Å². The van der Waals surface area contributed by atoms with Crippen molar-refractivity contribution in [2.75, 3.05) is 30.4 Å². The zero-order chi connectivity index (χ0) is 16.8. The Bertz CT molecular complexity index is 652. The number of nitrogens with one attached hydrogen (secondary N) is 1. The first-order valence-electron chi connectivity index (χ1n) is 8.35. The summed E-state index contributed by atoms with van der Waals surface area (Å²) in [6.07, 6.45) is 6.08. The highest BCUT2D eigenvalue weighted by molar-refractivity contribution is 5.94. The monoisotopic (exact) mass is 325 g/mol. The van der Waals surface area contributed by atoms with Crippen LogP contribution in [0.1, 0.15) is 18.4 Å². The lowest BCUT2D eigenvalue weighted by Crippen LogP contribution is -2.26. The van der Waals surface area contributed by atoms with Gasteiger partial charge >= 0.3 is 0 Å². The van der Waals surface area contributed by atoms with Crippen LogP contribution in [0.3, 0.4) is 0 Å². The second-order valence-corrected chi connectivity index (χ2v) is 6.06. The lowest BCUT2D eigenvalue weighted by atomic mass is 10.2. The Kier molecular flexibility index (Phi) is 5.43. The molecule has 0 radical (unpaired) electrons. The number of rotatable bonds is 6. The summed E-state index contributed by atoms with van der Waals surface area (Å²) in [7, 11) is 2.07. The van der Waals surface area contributed by atoms with Crippen LogP contribution in [0.25, 0.3) is 0 Å². The Hall–Kier alpha value is -2.40. The van der Waals surface area contributed by atoms with Gasteiger partial charge in [-0.1, -0.05) is 0 Å². The molecule has 1 saturated heterocycles. The van der Waals surface area contributed by atoms with E-state index in [1.807, 2.05) is 48.8 Å². The van der Waals surface area contributed by atoms with Crippen molar-refractivity contribution in [3.05, 3.63) is 54.4 Å². The first-order chi connectivity index (χ1) is 11.7. The van der Waals surface area contributed by atoms with Gasteiger partial charge in [0.25, 0.3) is 5.91 Å². The van der Waals surface area contributed by atoms with Crippen molar-refractivity contribution in [1.82, 2.24) is 4.98 Å². The third-order valence-corrected chi connectivity index (χ3v) is 4.28. The average molecular weight is 325 g/mol. The Morgan fingerprint density at radius 2 is 2.00 bits per heavy atom. The fraction of sp³-hybridized carbons (Fsp3) is 0.368. The summed E-state index contributed by atoms with van der Waals surface area (Å²) in [6, 6.07) is 12.0. The number of likely N-dealkylation sites (N-methyl/N-ethyl adjacent to an activating group) is 1. The first kappa shape index (κ1) is 16.5. The van der Waals surface area contributed by atoms with Gasteiger partial charge in [-0.15, -0.1) is 0 Å². The van der Waals surface area contributed by atoms with Crippen molar-refractivity contribution in [2.24, 2.45) is 0 Å². The molecule has 2 heterocycles. The summed E-state index contributed by atoms with van der Waals surface area (Å²) in [6.45, 7) is 1.60. The van der Waals surface area contributed by atoms with Crippen LogP contribution < -0.4 is 10.2 Å². The number of carbonyl (C=O) groups is 1. The first-order valence-corrected chi connectivity index (χ1v) is 8.35.